The maximum absolute atomic E-state index is 10.1. The summed E-state index contributed by atoms with van der Waals surface area (Å²) >= 11 is 1.47. The van der Waals surface area contributed by atoms with E-state index in [2.05, 4.69) is 16.9 Å². The molecule has 0 aromatic heterocycles. The number of hydrogen-bond acceptors (Lipinski definition) is 5. The lowest BCUT2D eigenvalue weighted by atomic mass is 9.94. The number of nitrogens with one attached hydrogen (secondary N) is 1. The molecule has 0 aromatic carbocycles. The molecular formula is C12H20N2O3S. The van der Waals surface area contributed by atoms with Gasteiger partial charge in [0.15, 0.2) is 5.17 Å². The molecule has 0 amide bonds. The van der Waals surface area contributed by atoms with Gasteiger partial charge in [-0.15, -0.1) is 6.58 Å². The highest BCUT2D eigenvalue weighted by Crippen LogP contribution is 2.35. The summed E-state index contributed by atoms with van der Waals surface area (Å²) < 4.78 is 5.83. The van der Waals surface area contributed by atoms with E-state index in [1.54, 1.807) is 0 Å². The van der Waals surface area contributed by atoms with Gasteiger partial charge in [-0.1, -0.05) is 17.3 Å². The largest absolute Gasteiger partial charge is 0.388 e. The van der Waals surface area contributed by atoms with Gasteiger partial charge in [0.05, 0.1) is 12.1 Å². The quantitative estimate of drug-likeness (QED) is 0.652. The maximum atomic E-state index is 10.1. The highest BCUT2D eigenvalue weighted by Gasteiger charge is 2.48. The number of nitrogens with zero attached hydrogens (tertiary/aromatic N) is 1. The molecule has 5 nitrogen and oxygen atoms in total. The van der Waals surface area contributed by atoms with E-state index in [1.807, 2.05) is 13.8 Å². The molecule has 0 saturated carbocycles. The predicted octanol–water partition coefficient (Wildman–Crippen LogP) is 0.480. The van der Waals surface area contributed by atoms with Gasteiger partial charge >= 0.3 is 0 Å². The second-order valence-electron chi connectivity index (χ2n) is 4.75. The van der Waals surface area contributed by atoms with Crippen molar-refractivity contribution in [3.8, 4) is 0 Å². The number of rotatable bonds is 3. The third-order valence-electron chi connectivity index (χ3n) is 3.07. The summed E-state index contributed by atoms with van der Waals surface area (Å²) in [6, 6.07) is -0.295. The minimum atomic E-state index is -0.892. The average molecular weight is 272 g/mol. The summed E-state index contributed by atoms with van der Waals surface area (Å²) in [5.41, 5.74) is 0.737. The lowest BCUT2D eigenvalue weighted by Gasteiger charge is -2.39. The molecule has 2 saturated heterocycles. The zero-order valence-corrected chi connectivity index (χ0v) is 11.5. The number of thioether (sulfide) groups is 1. The molecule has 0 aromatic rings. The Morgan fingerprint density at radius 2 is 2.22 bits per heavy atom. The summed E-state index contributed by atoms with van der Waals surface area (Å²) in [5, 5.41) is 24.0. The fourth-order valence-electron chi connectivity index (χ4n) is 2.21. The minimum Gasteiger partial charge on any atom is -0.388 e. The van der Waals surface area contributed by atoms with Crippen LogP contribution < -0.4 is 5.32 Å². The first-order valence-corrected chi connectivity index (χ1v) is 7.04. The Balaban J connectivity index is 2.08. The standard InChI is InChI=1S/C12H20N2O3S/c1-4-13-12-14-8-10(16)9(15)7(5-6(2)3)17-11(8)18-12/h7-11,15-16H,2,4-5H2,1,3H3,(H,13,14)/t7-,8-,9-,10-,11-/m1/s1. The van der Waals surface area contributed by atoms with Crippen molar-refractivity contribution in [2.24, 2.45) is 4.99 Å². The van der Waals surface area contributed by atoms with Crippen LogP contribution in [-0.4, -0.2) is 51.7 Å². The van der Waals surface area contributed by atoms with E-state index in [1.165, 1.54) is 11.8 Å². The number of hydrogen-bond donors (Lipinski definition) is 3. The molecule has 2 heterocycles. The van der Waals surface area contributed by atoms with E-state index >= 15 is 0 Å². The van der Waals surface area contributed by atoms with Crippen LogP contribution in [0, 0.1) is 0 Å². The molecule has 2 aliphatic heterocycles. The van der Waals surface area contributed by atoms with Crippen LogP contribution in [0.4, 0.5) is 0 Å². The van der Waals surface area contributed by atoms with Crippen LogP contribution in [0.15, 0.2) is 17.1 Å². The zero-order chi connectivity index (χ0) is 13.3. The topological polar surface area (TPSA) is 74.1 Å². The van der Waals surface area contributed by atoms with E-state index < -0.39 is 18.3 Å². The molecule has 2 rings (SSSR count). The number of amidine groups is 1. The summed E-state index contributed by atoms with van der Waals surface area (Å²) in [4.78, 5) is 4.27. The van der Waals surface area contributed by atoms with E-state index in [4.69, 9.17) is 4.74 Å². The van der Waals surface area contributed by atoms with Crippen molar-refractivity contribution in [1.82, 2.24) is 5.32 Å². The van der Waals surface area contributed by atoms with E-state index in [-0.39, 0.29) is 11.5 Å². The Labute approximate surface area is 111 Å². The van der Waals surface area contributed by atoms with E-state index in [9.17, 15) is 10.2 Å². The molecule has 2 fully saturated rings. The lowest BCUT2D eigenvalue weighted by molar-refractivity contribution is -0.154. The van der Waals surface area contributed by atoms with E-state index in [0.717, 1.165) is 10.7 Å². The molecule has 3 N–H and O–H groups in total. The maximum Gasteiger partial charge on any atom is 0.159 e. The van der Waals surface area contributed by atoms with Crippen LogP contribution in [0.2, 0.25) is 0 Å². The second-order valence-corrected chi connectivity index (χ2v) is 5.84. The molecule has 0 aliphatic carbocycles. The van der Waals surface area contributed by atoms with Gasteiger partial charge in [0.25, 0.3) is 0 Å². The molecule has 0 radical (unpaired) electrons. The third-order valence-corrected chi connectivity index (χ3v) is 4.18. The van der Waals surface area contributed by atoms with Crippen molar-refractivity contribution in [2.75, 3.05) is 6.54 Å². The highest BCUT2D eigenvalue weighted by atomic mass is 32.2. The Morgan fingerprint density at radius 1 is 1.50 bits per heavy atom. The van der Waals surface area contributed by atoms with Crippen LogP contribution in [-0.2, 0) is 4.74 Å². The molecule has 18 heavy (non-hydrogen) atoms. The minimum absolute atomic E-state index is 0.196. The van der Waals surface area contributed by atoms with Gasteiger partial charge in [0, 0.05) is 6.54 Å². The van der Waals surface area contributed by atoms with Crippen molar-refractivity contribution >= 4 is 16.9 Å². The fraction of sp³-hybridized carbons (Fsp3) is 0.750. The van der Waals surface area contributed by atoms with Crippen LogP contribution >= 0.6 is 11.8 Å². The number of aliphatic hydroxyl groups is 2. The molecule has 0 bridgehead atoms. The summed E-state index contributed by atoms with van der Waals surface area (Å²) in [6.07, 6.45) is -1.57. The number of aliphatic hydroxyl groups excluding tert-OH is 2. The molecule has 0 unspecified atom stereocenters. The van der Waals surface area contributed by atoms with Crippen LogP contribution in [0.1, 0.15) is 20.3 Å². The normalized spacial score (nSPS) is 41.6. The van der Waals surface area contributed by atoms with Crippen LogP contribution in [0.25, 0.3) is 0 Å². The van der Waals surface area contributed by atoms with Crippen molar-refractivity contribution in [3.05, 3.63) is 12.2 Å². The Morgan fingerprint density at radius 3 is 2.83 bits per heavy atom. The SMILES string of the molecule is C=C(C)C[C@H]1O[C@@H]2SC(=NCC)N[C@@H]2[C@@H](O)[C@@H]1O. The first-order valence-electron chi connectivity index (χ1n) is 6.16. The Bertz CT molecular complexity index is 361. The monoisotopic (exact) mass is 272 g/mol. The summed E-state index contributed by atoms with van der Waals surface area (Å²) in [7, 11) is 0. The van der Waals surface area contributed by atoms with Crippen LogP contribution in [0.3, 0.4) is 0 Å². The molecule has 0 spiro atoms. The smallest absolute Gasteiger partial charge is 0.159 e. The molecule has 6 heteroatoms. The molecule has 2 aliphatic rings. The number of aliphatic imine (C=N–C) groups is 1. The Hall–Kier alpha value is -0.560. The van der Waals surface area contributed by atoms with Gasteiger partial charge in [-0.25, -0.2) is 0 Å². The highest BCUT2D eigenvalue weighted by molar-refractivity contribution is 8.14. The van der Waals surface area contributed by atoms with Gasteiger partial charge in [0.2, 0.25) is 0 Å². The lowest BCUT2D eigenvalue weighted by Crippen LogP contribution is -2.58. The number of fused-ring (bicyclic) bond motifs is 1. The van der Waals surface area contributed by atoms with Gasteiger partial charge < -0.3 is 20.3 Å². The predicted molar refractivity (Wildman–Crippen MR) is 72.6 cm³/mol. The van der Waals surface area contributed by atoms with Gasteiger partial charge in [-0.05, 0) is 20.3 Å². The fourth-order valence-corrected chi connectivity index (χ4v) is 3.41. The van der Waals surface area contributed by atoms with Gasteiger partial charge in [-0.3, -0.25) is 4.99 Å². The first kappa shape index (κ1) is 13.9. The van der Waals surface area contributed by atoms with Crippen molar-refractivity contribution < 1.29 is 14.9 Å². The molecule has 102 valence electrons. The molecular weight excluding hydrogens is 252 g/mol. The van der Waals surface area contributed by atoms with Crippen molar-refractivity contribution in [3.63, 3.8) is 0 Å². The van der Waals surface area contributed by atoms with Gasteiger partial charge in [-0.2, -0.15) is 0 Å². The van der Waals surface area contributed by atoms with E-state index in [0.29, 0.717) is 13.0 Å². The first-order chi connectivity index (χ1) is 8.52. The number of ether oxygens (including phenoxy) is 1. The van der Waals surface area contributed by atoms with Gasteiger partial charge in [0.1, 0.15) is 17.6 Å². The summed E-state index contributed by atoms with van der Waals surface area (Å²) in [5.74, 6) is 0. The van der Waals surface area contributed by atoms with Crippen LogP contribution in [0.5, 0.6) is 0 Å². The van der Waals surface area contributed by atoms with Crippen molar-refractivity contribution in [2.45, 2.75) is 50.1 Å². The zero-order valence-electron chi connectivity index (χ0n) is 10.7. The van der Waals surface area contributed by atoms with Crippen molar-refractivity contribution in [1.29, 1.82) is 0 Å². The summed E-state index contributed by atoms with van der Waals surface area (Å²) in [6.45, 7) is 8.34. The Kier molecular flexibility index (Phi) is 4.32. The third kappa shape index (κ3) is 2.71. The molecule has 5 atom stereocenters. The average Bonchev–Trinajstić information content (AvgIpc) is 2.68. The second kappa shape index (κ2) is 5.61.